The number of amides is 2. The monoisotopic (exact) mass is 430 g/mol. The third kappa shape index (κ3) is 4.46. The van der Waals surface area contributed by atoms with Crippen molar-refractivity contribution in [3.63, 3.8) is 0 Å². The van der Waals surface area contributed by atoms with Gasteiger partial charge in [0.25, 0.3) is 5.91 Å². The largest absolute Gasteiger partial charge is 0.457 e. The van der Waals surface area contributed by atoms with E-state index in [2.05, 4.69) is 10.6 Å². The second-order valence-electron chi connectivity index (χ2n) is 7.44. The van der Waals surface area contributed by atoms with Crippen molar-refractivity contribution in [3.05, 3.63) is 83.9 Å². The number of para-hydroxylation sites is 2. The van der Waals surface area contributed by atoms with Crippen LogP contribution < -0.4 is 15.4 Å². The molecule has 0 spiro atoms. The molecule has 0 radical (unpaired) electrons. The fourth-order valence-electron chi connectivity index (χ4n) is 3.54. The van der Waals surface area contributed by atoms with Gasteiger partial charge in [0.15, 0.2) is 6.10 Å². The van der Waals surface area contributed by atoms with Gasteiger partial charge in [0, 0.05) is 29.4 Å². The van der Waals surface area contributed by atoms with Crippen molar-refractivity contribution >= 4 is 29.2 Å². The van der Waals surface area contributed by atoms with Crippen LogP contribution in [0.3, 0.4) is 0 Å². The zero-order valence-electron chi connectivity index (χ0n) is 17.6. The van der Waals surface area contributed by atoms with Crippen molar-refractivity contribution < 1.29 is 23.9 Å². The average molecular weight is 430 g/mol. The quantitative estimate of drug-likeness (QED) is 0.583. The van der Waals surface area contributed by atoms with E-state index < -0.39 is 23.9 Å². The van der Waals surface area contributed by atoms with Crippen LogP contribution in [0.15, 0.2) is 72.8 Å². The van der Waals surface area contributed by atoms with Gasteiger partial charge < -0.3 is 20.1 Å². The molecule has 3 aromatic rings. The third-order valence-corrected chi connectivity index (χ3v) is 5.05. The molecule has 1 aliphatic heterocycles. The molecule has 0 saturated heterocycles. The summed E-state index contributed by atoms with van der Waals surface area (Å²) in [5.74, 6) is -0.688. The van der Waals surface area contributed by atoms with Crippen LogP contribution in [-0.4, -0.2) is 23.9 Å². The summed E-state index contributed by atoms with van der Waals surface area (Å²) >= 11 is 0. The molecule has 0 bridgehead atoms. The number of hydrogen-bond donors (Lipinski definition) is 2. The van der Waals surface area contributed by atoms with Gasteiger partial charge in [-0.2, -0.15) is 0 Å². The number of hydrogen-bond acceptors (Lipinski definition) is 5. The van der Waals surface area contributed by atoms with E-state index in [9.17, 15) is 14.4 Å². The number of nitrogens with one attached hydrogen (secondary N) is 2. The Morgan fingerprint density at radius 1 is 0.812 bits per heavy atom. The predicted octanol–water partition coefficient (Wildman–Crippen LogP) is 4.45. The summed E-state index contributed by atoms with van der Waals surface area (Å²) in [5.41, 5.74) is 2.52. The Morgan fingerprint density at radius 3 is 1.84 bits per heavy atom. The minimum Gasteiger partial charge on any atom is -0.457 e. The van der Waals surface area contributed by atoms with Crippen molar-refractivity contribution in [3.8, 4) is 11.5 Å². The topological polar surface area (TPSA) is 93.7 Å². The van der Waals surface area contributed by atoms with E-state index in [1.54, 1.807) is 36.4 Å². The van der Waals surface area contributed by atoms with Crippen molar-refractivity contribution in [2.45, 2.75) is 25.9 Å². The van der Waals surface area contributed by atoms with Crippen LogP contribution in [0.4, 0.5) is 11.4 Å². The van der Waals surface area contributed by atoms with E-state index in [1.165, 1.54) is 13.8 Å². The van der Waals surface area contributed by atoms with Gasteiger partial charge in [0.2, 0.25) is 5.91 Å². The molecule has 2 N–H and O–H groups in total. The minimum atomic E-state index is -1.01. The predicted molar refractivity (Wildman–Crippen MR) is 120 cm³/mol. The highest BCUT2D eigenvalue weighted by atomic mass is 16.5. The first-order valence-electron chi connectivity index (χ1n) is 10.2. The molecule has 1 heterocycles. The van der Waals surface area contributed by atoms with E-state index in [-0.39, 0.29) is 5.91 Å². The van der Waals surface area contributed by atoms with Crippen LogP contribution in [0.2, 0.25) is 0 Å². The molecule has 162 valence electrons. The van der Waals surface area contributed by atoms with Crippen LogP contribution in [0.1, 0.15) is 30.9 Å². The lowest BCUT2D eigenvalue weighted by atomic mass is 9.88. The molecule has 7 nitrogen and oxygen atoms in total. The lowest BCUT2D eigenvalue weighted by Crippen LogP contribution is -2.32. The number of carbonyl (C=O) groups is 3. The zero-order valence-corrected chi connectivity index (χ0v) is 17.6. The molecule has 3 aromatic carbocycles. The Morgan fingerprint density at radius 2 is 1.31 bits per heavy atom. The summed E-state index contributed by atoms with van der Waals surface area (Å²) in [7, 11) is 0. The number of anilines is 2. The van der Waals surface area contributed by atoms with Gasteiger partial charge in [0.05, 0.1) is 0 Å². The van der Waals surface area contributed by atoms with Gasteiger partial charge in [0.1, 0.15) is 17.4 Å². The second-order valence-corrected chi connectivity index (χ2v) is 7.44. The first-order chi connectivity index (χ1) is 15.4. The van der Waals surface area contributed by atoms with E-state index in [4.69, 9.17) is 9.47 Å². The molecular formula is C25H22N2O5. The van der Waals surface area contributed by atoms with Gasteiger partial charge >= 0.3 is 5.97 Å². The molecule has 0 saturated carbocycles. The molecule has 1 aliphatic rings. The van der Waals surface area contributed by atoms with Crippen molar-refractivity contribution in [2.75, 3.05) is 10.6 Å². The van der Waals surface area contributed by atoms with Crippen molar-refractivity contribution in [2.24, 2.45) is 0 Å². The molecule has 0 fully saturated rings. The van der Waals surface area contributed by atoms with Crippen molar-refractivity contribution in [1.82, 2.24) is 0 Å². The Balaban J connectivity index is 1.47. The summed E-state index contributed by atoms with van der Waals surface area (Å²) < 4.78 is 11.5. The highest BCUT2D eigenvalue weighted by Crippen LogP contribution is 2.44. The Bertz CT molecular complexity index is 1130. The molecule has 0 aromatic heterocycles. The molecule has 1 atom stereocenters. The fraction of sp³-hybridized carbons (Fsp3) is 0.160. The molecule has 0 unspecified atom stereocenters. The van der Waals surface area contributed by atoms with Gasteiger partial charge in [-0.15, -0.1) is 0 Å². The summed E-state index contributed by atoms with van der Waals surface area (Å²) in [6.07, 6.45) is -1.01. The first-order valence-corrected chi connectivity index (χ1v) is 10.2. The van der Waals surface area contributed by atoms with Crippen LogP contribution in [-0.2, 0) is 19.1 Å². The van der Waals surface area contributed by atoms with Crippen LogP contribution in [0, 0.1) is 0 Å². The number of benzene rings is 3. The van der Waals surface area contributed by atoms with Crippen LogP contribution >= 0.6 is 0 Å². The molecule has 7 heteroatoms. The molecule has 32 heavy (non-hydrogen) atoms. The standard InChI is InChI=1S/C25H22N2O5/c1-15(24(29)27-18-13-11-17(12-14-18)26-16(2)28)31-25(30)23-19-7-3-5-9-21(19)32-22-10-6-4-8-20(22)23/h3-15,23H,1-2H3,(H,26,28)(H,27,29)/t15-/m0/s1. The fourth-order valence-corrected chi connectivity index (χ4v) is 3.54. The Labute approximate surface area is 185 Å². The van der Waals surface area contributed by atoms with E-state index in [0.717, 1.165) is 0 Å². The summed E-state index contributed by atoms with van der Waals surface area (Å²) in [6.45, 7) is 2.94. The highest BCUT2D eigenvalue weighted by molar-refractivity contribution is 5.96. The SMILES string of the molecule is CC(=O)Nc1ccc(NC(=O)[C@H](C)OC(=O)C2c3ccccc3Oc3ccccc32)cc1. The Hall–Kier alpha value is -4.13. The third-order valence-electron chi connectivity index (χ3n) is 5.05. The maximum atomic E-state index is 13.1. The maximum absolute atomic E-state index is 13.1. The zero-order chi connectivity index (χ0) is 22.7. The molecule has 4 rings (SSSR count). The van der Waals surface area contributed by atoms with Gasteiger partial charge in [-0.3, -0.25) is 14.4 Å². The van der Waals surface area contributed by atoms with Crippen LogP contribution in [0.25, 0.3) is 0 Å². The summed E-state index contributed by atoms with van der Waals surface area (Å²) in [5, 5.41) is 5.37. The summed E-state index contributed by atoms with van der Waals surface area (Å²) in [4.78, 5) is 36.9. The number of esters is 1. The lowest BCUT2D eigenvalue weighted by molar-refractivity contribution is -0.153. The highest BCUT2D eigenvalue weighted by Gasteiger charge is 2.35. The average Bonchev–Trinajstić information content (AvgIpc) is 2.78. The number of carbonyl (C=O) groups excluding carboxylic acids is 3. The number of rotatable bonds is 5. The molecular weight excluding hydrogens is 408 g/mol. The smallest absolute Gasteiger partial charge is 0.318 e. The molecule has 0 aliphatic carbocycles. The number of fused-ring (bicyclic) bond motifs is 2. The van der Waals surface area contributed by atoms with Gasteiger partial charge in [-0.25, -0.2) is 0 Å². The maximum Gasteiger partial charge on any atom is 0.318 e. The lowest BCUT2D eigenvalue weighted by Gasteiger charge is -2.27. The molecule has 2 amide bonds. The minimum absolute atomic E-state index is 0.182. The van der Waals surface area contributed by atoms with E-state index >= 15 is 0 Å². The van der Waals surface area contributed by atoms with Crippen molar-refractivity contribution in [1.29, 1.82) is 0 Å². The van der Waals surface area contributed by atoms with E-state index in [0.29, 0.717) is 34.0 Å². The van der Waals surface area contributed by atoms with Gasteiger partial charge in [-0.1, -0.05) is 36.4 Å². The van der Waals surface area contributed by atoms with E-state index in [1.807, 2.05) is 36.4 Å². The van der Waals surface area contributed by atoms with Crippen LogP contribution in [0.5, 0.6) is 11.5 Å². The Kier molecular flexibility index (Phi) is 5.89. The first kappa shape index (κ1) is 21.1. The second kappa shape index (κ2) is 8.93. The number of ether oxygens (including phenoxy) is 2. The van der Waals surface area contributed by atoms with Gasteiger partial charge in [-0.05, 0) is 43.3 Å². The summed E-state index contributed by atoms with van der Waals surface area (Å²) in [6, 6.07) is 21.2. The normalized spacial score (nSPS) is 13.1.